The van der Waals surface area contributed by atoms with Crippen LogP contribution < -0.4 is 5.32 Å². The lowest BCUT2D eigenvalue weighted by Gasteiger charge is -2.21. The van der Waals surface area contributed by atoms with Crippen molar-refractivity contribution in [3.8, 4) is 0 Å². The van der Waals surface area contributed by atoms with E-state index in [1.54, 1.807) is 0 Å². The molecule has 0 spiro atoms. The third-order valence-electron chi connectivity index (χ3n) is 3.19. The number of carbonyl (C=O) groups is 1. The van der Waals surface area contributed by atoms with Crippen molar-refractivity contribution >= 4 is 27.5 Å². The van der Waals surface area contributed by atoms with Crippen molar-refractivity contribution in [2.45, 2.75) is 37.1 Å². The Balaban J connectivity index is 2.14. The van der Waals surface area contributed by atoms with Gasteiger partial charge >= 0.3 is 0 Å². The Bertz CT molecular complexity index is 597. The summed E-state index contributed by atoms with van der Waals surface area (Å²) in [6.45, 7) is 2.04. The van der Waals surface area contributed by atoms with E-state index in [2.05, 4.69) is 5.32 Å². The van der Waals surface area contributed by atoms with Crippen molar-refractivity contribution in [1.82, 2.24) is 9.62 Å². The van der Waals surface area contributed by atoms with E-state index in [1.165, 1.54) is 28.6 Å². The Hall–Kier alpha value is -1.11. The van der Waals surface area contributed by atoms with Gasteiger partial charge in [0, 0.05) is 17.6 Å². The third-order valence-corrected chi connectivity index (χ3v) is 5.30. The molecule has 21 heavy (non-hydrogen) atoms. The second-order valence-corrected chi connectivity index (χ2v) is 7.51. The fraction of sp³-hybridized carbons (Fsp3) is 0.500. The van der Waals surface area contributed by atoms with Gasteiger partial charge in [-0.05, 0) is 43.5 Å². The van der Waals surface area contributed by atoms with Crippen molar-refractivity contribution < 1.29 is 13.2 Å². The molecule has 0 heterocycles. The molecule has 1 amide bonds. The molecule has 1 fully saturated rings. The normalized spacial score (nSPS) is 15.2. The van der Waals surface area contributed by atoms with Gasteiger partial charge in [0.2, 0.25) is 15.9 Å². The van der Waals surface area contributed by atoms with Gasteiger partial charge < -0.3 is 5.32 Å². The number of carbonyl (C=O) groups excluding carboxylic acids is 1. The van der Waals surface area contributed by atoms with Gasteiger partial charge in [-0.25, -0.2) is 8.42 Å². The number of rotatable bonds is 7. The molecule has 7 heteroatoms. The van der Waals surface area contributed by atoms with Crippen molar-refractivity contribution in [2.24, 2.45) is 0 Å². The molecule has 1 N–H and O–H groups in total. The van der Waals surface area contributed by atoms with E-state index in [0.29, 0.717) is 18.0 Å². The maximum absolute atomic E-state index is 12.6. The predicted octanol–water partition coefficient (Wildman–Crippen LogP) is 2.02. The molecule has 0 bridgehead atoms. The first-order valence-corrected chi connectivity index (χ1v) is 8.80. The van der Waals surface area contributed by atoms with Crippen molar-refractivity contribution in [1.29, 1.82) is 0 Å². The molecule has 0 atom stereocenters. The largest absolute Gasteiger partial charge is 0.352 e. The first-order valence-electron chi connectivity index (χ1n) is 6.98. The smallest absolute Gasteiger partial charge is 0.243 e. The molecule has 1 saturated carbocycles. The van der Waals surface area contributed by atoms with Crippen LogP contribution in [0.5, 0.6) is 0 Å². The quantitative estimate of drug-likeness (QED) is 0.831. The Morgan fingerprint density at radius 1 is 1.33 bits per heavy atom. The van der Waals surface area contributed by atoms with E-state index < -0.39 is 10.0 Å². The highest BCUT2D eigenvalue weighted by Crippen LogP contribution is 2.20. The van der Waals surface area contributed by atoms with Crippen molar-refractivity contribution in [3.63, 3.8) is 0 Å². The summed E-state index contributed by atoms with van der Waals surface area (Å²) in [5.74, 6) is -0.247. The summed E-state index contributed by atoms with van der Waals surface area (Å²) in [5.41, 5.74) is 0. The molecule has 0 aliphatic heterocycles. The first-order chi connectivity index (χ1) is 9.93. The predicted molar refractivity (Wildman–Crippen MR) is 81.7 cm³/mol. The van der Waals surface area contributed by atoms with Crippen LogP contribution in [0.1, 0.15) is 26.2 Å². The summed E-state index contributed by atoms with van der Waals surface area (Å²) in [4.78, 5) is 12.0. The van der Waals surface area contributed by atoms with Gasteiger partial charge in [0.05, 0.1) is 11.4 Å². The molecule has 1 aromatic rings. The van der Waals surface area contributed by atoms with E-state index in [1.807, 2.05) is 6.92 Å². The zero-order chi connectivity index (χ0) is 15.5. The summed E-state index contributed by atoms with van der Waals surface area (Å²) in [7, 11) is -3.68. The van der Waals surface area contributed by atoms with E-state index in [4.69, 9.17) is 11.6 Å². The van der Waals surface area contributed by atoms with Gasteiger partial charge in [-0.2, -0.15) is 4.31 Å². The maximum atomic E-state index is 12.6. The monoisotopic (exact) mass is 330 g/mol. The lowest BCUT2D eigenvalue weighted by atomic mass is 10.4. The molecule has 1 aromatic carbocycles. The average Bonchev–Trinajstić information content (AvgIpc) is 3.22. The Kier molecular flexibility index (Phi) is 5.24. The summed E-state index contributed by atoms with van der Waals surface area (Å²) in [6.07, 6.45) is 2.59. The molecule has 0 radical (unpaired) electrons. The van der Waals surface area contributed by atoms with Crippen LogP contribution in [-0.2, 0) is 14.8 Å². The number of hydrogen-bond donors (Lipinski definition) is 1. The Morgan fingerprint density at radius 3 is 2.48 bits per heavy atom. The van der Waals surface area contributed by atoms with Gasteiger partial charge in [0.1, 0.15) is 0 Å². The van der Waals surface area contributed by atoms with Crippen LogP contribution in [0.4, 0.5) is 0 Å². The fourth-order valence-electron chi connectivity index (χ4n) is 1.95. The van der Waals surface area contributed by atoms with Gasteiger partial charge in [-0.3, -0.25) is 4.79 Å². The Morgan fingerprint density at radius 2 is 1.95 bits per heavy atom. The molecule has 116 valence electrons. The molecule has 2 rings (SSSR count). The standard InChI is InChI=1S/C14H19ClN2O3S/c1-2-9-17(10-14(18)16-12-5-6-12)21(19,20)13-7-3-11(15)4-8-13/h3-4,7-8,12H,2,5-6,9-10H2,1H3,(H,16,18). The first kappa shape index (κ1) is 16.3. The van der Waals surface area contributed by atoms with E-state index in [0.717, 1.165) is 12.8 Å². The molecule has 0 saturated heterocycles. The van der Waals surface area contributed by atoms with Crippen LogP contribution in [0.3, 0.4) is 0 Å². The van der Waals surface area contributed by atoms with E-state index in [-0.39, 0.29) is 23.4 Å². The number of halogens is 1. The highest BCUT2D eigenvalue weighted by molar-refractivity contribution is 7.89. The van der Waals surface area contributed by atoms with Crippen LogP contribution in [0.15, 0.2) is 29.2 Å². The zero-order valence-electron chi connectivity index (χ0n) is 11.9. The topological polar surface area (TPSA) is 66.5 Å². The molecule has 5 nitrogen and oxygen atoms in total. The summed E-state index contributed by atoms with van der Waals surface area (Å²) in [5, 5.41) is 3.28. The Labute approximate surface area is 130 Å². The van der Waals surface area contributed by atoms with E-state index in [9.17, 15) is 13.2 Å². The minimum Gasteiger partial charge on any atom is -0.352 e. The molecule has 0 aromatic heterocycles. The van der Waals surface area contributed by atoms with Crippen molar-refractivity contribution in [2.75, 3.05) is 13.1 Å². The second kappa shape index (κ2) is 6.77. The summed E-state index contributed by atoms with van der Waals surface area (Å²) >= 11 is 5.78. The van der Waals surface area contributed by atoms with Crippen LogP contribution >= 0.6 is 11.6 Å². The molecule has 1 aliphatic rings. The zero-order valence-corrected chi connectivity index (χ0v) is 13.5. The van der Waals surface area contributed by atoms with Gasteiger partial charge in [-0.15, -0.1) is 0 Å². The SMILES string of the molecule is CCCN(CC(=O)NC1CC1)S(=O)(=O)c1ccc(Cl)cc1. The molecular weight excluding hydrogens is 312 g/mol. The van der Waals surface area contributed by atoms with Crippen LogP contribution in [0.25, 0.3) is 0 Å². The lowest BCUT2D eigenvalue weighted by Crippen LogP contribution is -2.41. The number of sulfonamides is 1. The fourth-order valence-corrected chi connectivity index (χ4v) is 3.56. The average molecular weight is 331 g/mol. The maximum Gasteiger partial charge on any atom is 0.243 e. The summed E-state index contributed by atoms with van der Waals surface area (Å²) in [6, 6.07) is 6.20. The number of amides is 1. The van der Waals surface area contributed by atoms with E-state index >= 15 is 0 Å². The number of nitrogens with one attached hydrogen (secondary N) is 1. The minimum absolute atomic E-state index is 0.144. The minimum atomic E-state index is -3.68. The second-order valence-electron chi connectivity index (χ2n) is 5.13. The van der Waals surface area contributed by atoms with Crippen LogP contribution in [0.2, 0.25) is 5.02 Å². The number of benzene rings is 1. The number of hydrogen-bond acceptors (Lipinski definition) is 3. The summed E-state index contributed by atoms with van der Waals surface area (Å²) < 4.78 is 26.4. The molecule has 0 unspecified atom stereocenters. The van der Waals surface area contributed by atoms with Gasteiger partial charge in [-0.1, -0.05) is 18.5 Å². The molecule has 1 aliphatic carbocycles. The van der Waals surface area contributed by atoms with Crippen molar-refractivity contribution in [3.05, 3.63) is 29.3 Å². The van der Waals surface area contributed by atoms with Gasteiger partial charge in [0.25, 0.3) is 0 Å². The van der Waals surface area contributed by atoms with Gasteiger partial charge in [0.15, 0.2) is 0 Å². The van der Waals surface area contributed by atoms with Crippen LogP contribution in [-0.4, -0.2) is 37.8 Å². The molecular formula is C14H19ClN2O3S. The highest BCUT2D eigenvalue weighted by atomic mass is 35.5. The number of nitrogens with zero attached hydrogens (tertiary/aromatic N) is 1. The highest BCUT2D eigenvalue weighted by Gasteiger charge is 2.28. The van der Waals surface area contributed by atoms with Crippen LogP contribution in [0, 0.1) is 0 Å². The lowest BCUT2D eigenvalue weighted by molar-refractivity contribution is -0.121. The third kappa shape index (κ3) is 4.43.